The van der Waals surface area contributed by atoms with Gasteiger partial charge < -0.3 is 21.5 Å². The van der Waals surface area contributed by atoms with Crippen molar-refractivity contribution in [2.75, 3.05) is 12.8 Å². The Labute approximate surface area is 197 Å². The fourth-order valence-electron chi connectivity index (χ4n) is 4.00. The summed E-state index contributed by atoms with van der Waals surface area (Å²) < 4.78 is 6.91. The lowest BCUT2D eigenvalue weighted by Crippen LogP contribution is -2.37. The molecule has 8 nitrogen and oxygen atoms in total. The SMILES string of the molecule is COC1C=CC=CC1C(=O)NCc1ccc(-c2nn(-c3ccccc3C)c(N)c2C(N)=O)cc1. The minimum Gasteiger partial charge on any atom is -0.383 e. The molecule has 1 aromatic heterocycles. The lowest BCUT2D eigenvalue weighted by Gasteiger charge is -2.22. The third kappa shape index (κ3) is 4.49. The van der Waals surface area contributed by atoms with E-state index in [0.29, 0.717) is 17.8 Å². The van der Waals surface area contributed by atoms with Crippen LogP contribution in [0.15, 0.2) is 72.8 Å². The second-order valence-electron chi connectivity index (χ2n) is 8.08. The summed E-state index contributed by atoms with van der Waals surface area (Å²) in [7, 11) is 1.58. The van der Waals surface area contributed by atoms with E-state index < -0.39 is 5.91 Å². The molecule has 1 aliphatic rings. The molecule has 0 saturated heterocycles. The van der Waals surface area contributed by atoms with Gasteiger partial charge in [-0.25, -0.2) is 4.68 Å². The van der Waals surface area contributed by atoms with Gasteiger partial charge in [-0.2, -0.15) is 5.10 Å². The number of carbonyl (C=O) groups excluding carboxylic acids is 2. The predicted octanol–water partition coefficient (Wildman–Crippen LogP) is 2.90. The van der Waals surface area contributed by atoms with Crippen LogP contribution in [0.4, 0.5) is 5.82 Å². The van der Waals surface area contributed by atoms with Crippen molar-refractivity contribution in [2.24, 2.45) is 11.7 Å². The Morgan fingerprint density at radius 3 is 2.47 bits per heavy atom. The maximum atomic E-state index is 12.6. The molecule has 1 aliphatic carbocycles. The van der Waals surface area contributed by atoms with Crippen LogP contribution in [0.25, 0.3) is 16.9 Å². The van der Waals surface area contributed by atoms with Gasteiger partial charge in [-0.3, -0.25) is 9.59 Å². The van der Waals surface area contributed by atoms with Crippen molar-refractivity contribution in [3.8, 4) is 16.9 Å². The Bertz CT molecular complexity index is 1270. The largest absolute Gasteiger partial charge is 0.383 e. The molecule has 2 amide bonds. The first kappa shape index (κ1) is 23.0. The number of rotatable bonds is 7. The number of hydrogen-bond acceptors (Lipinski definition) is 5. The van der Waals surface area contributed by atoms with Gasteiger partial charge >= 0.3 is 0 Å². The van der Waals surface area contributed by atoms with Crippen LogP contribution >= 0.6 is 0 Å². The standard InChI is InChI=1S/C26H27N5O3/c1-16-7-3-5-9-20(16)31-24(27)22(25(28)32)23(30-31)18-13-11-17(12-14-18)15-29-26(33)19-8-4-6-10-21(19)34-2/h3-14,19,21H,15,27H2,1-2H3,(H2,28,32)(H,29,33). The smallest absolute Gasteiger partial charge is 0.254 e. The molecule has 8 heteroatoms. The van der Waals surface area contributed by atoms with Crippen molar-refractivity contribution in [3.05, 3.63) is 89.5 Å². The van der Waals surface area contributed by atoms with Crippen LogP contribution in [0.2, 0.25) is 0 Å². The number of nitrogens with one attached hydrogen (secondary N) is 1. The first-order valence-electron chi connectivity index (χ1n) is 10.9. The van der Waals surface area contributed by atoms with E-state index in [2.05, 4.69) is 10.4 Å². The molecule has 2 unspecified atom stereocenters. The number of benzene rings is 2. The van der Waals surface area contributed by atoms with Gasteiger partial charge in [0.05, 0.1) is 17.7 Å². The van der Waals surface area contributed by atoms with E-state index in [1.54, 1.807) is 7.11 Å². The number of allylic oxidation sites excluding steroid dienone is 2. The monoisotopic (exact) mass is 457 g/mol. The molecule has 0 fully saturated rings. The Hall–Kier alpha value is -4.17. The Morgan fingerprint density at radius 1 is 1.09 bits per heavy atom. The summed E-state index contributed by atoms with van der Waals surface area (Å²) in [5.74, 6) is -0.945. The van der Waals surface area contributed by atoms with E-state index in [1.807, 2.05) is 79.8 Å². The zero-order valence-corrected chi connectivity index (χ0v) is 19.1. The second-order valence-corrected chi connectivity index (χ2v) is 8.08. The summed E-state index contributed by atoms with van der Waals surface area (Å²) in [5.41, 5.74) is 15.8. The molecule has 174 valence electrons. The average Bonchev–Trinajstić information content (AvgIpc) is 3.20. The van der Waals surface area contributed by atoms with E-state index >= 15 is 0 Å². The van der Waals surface area contributed by atoms with Crippen molar-refractivity contribution < 1.29 is 14.3 Å². The number of methoxy groups -OCH3 is 1. The first-order valence-corrected chi connectivity index (χ1v) is 10.9. The highest BCUT2D eigenvalue weighted by Crippen LogP contribution is 2.30. The minimum atomic E-state index is -0.647. The van der Waals surface area contributed by atoms with Crippen LogP contribution < -0.4 is 16.8 Å². The number of amides is 2. The number of nitrogens with zero attached hydrogens (tertiary/aromatic N) is 2. The molecular weight excluding hydrogens is 430 g/mol. The van der Waals surface area contributed by atoms with E-state index in [4.69, 9.17) is 16.2 Å². The van der Waals surface area contributed by atoms with E-state index in [-0.39, 0.29) is 29.3 Å². The number of aryl methyl sites for hydroxylation is 1. The topological polar surface area (TPSA) is 125 Å². The molecule has 0 radical (unpaired) electrons. The highest BCUT2D eigenvalue weighted by atomic mass is 16.5. The van der Waals surface area contributed by atoms with E-state index in [1.165, 1.54) is 4.68 Å². The fraction of sp³-hybridized carbons (Fsp3) is 0.192. The van der Waals surface area contributed by atoms with Gasteiger partial charge in [0.25, 0.3) is 5.91 Å². The lowest BCUT2D eigenvalue weighted by atomic mass is 9.96. The van der Waals surface area contributed by atoms with Gasteiger partial charge in [0.15, 0.2) is 0 Å². The lowest BCUT2D eigenvalue weighted by molar-refractivity contribution is -0.126. The summed E-state index contributed by atoms with van der Waals surface area (Å²) in [6.07, 6.45) is 7.11. The molecule has 0 spiro atoms. The van der Waals surface area contributed by atoms with Crippen LogP contribution in [0, 0.1) is 12.8 Å². The molecule has 0 aliphatic heterocycles. The zero-order valence-electron chi connectivity index (χ0n) is 19.1. The molecule has 2 atom stereocenters. The molecule has 2 aromatic carbocycles. The fourth-order valence-corrected chi connectivity index (χ4v) is 4.00. The van der Waals surface area contributed by atoms with Crippen LogP contribution in [0.1, 0.15) is 21.5 Å². The number of anilines is 1. The number of carbonyl (C=O) groups is 2. The number of primary amides is 1. The number of nitrogens with two attached hydrogens (primary N) is 2. The molecule has 5 N–H and O–H groups in total. The first-order chi connectivity index (χ1) is 16.4. The molecular formula is C26H27N5O3. The molecule has 3 aromatic rings. The van der Waals surface area contributed by atoms with Crippen LogP contribution in [-0.4, -0.2) is 34.8 Å². The predicted molar refractivity (Wildman–Crippen MR) is 131 cm³/mol. The Morgan fingerprint density at radius 2 is 1.79 bits per heavy atom. The normalized spacial score (nSPS) is 17.0. The zero-order chi connectivity index (χ0) is 24.2. The molecule has 0 bridgehead atoms. The number of hydrogen-bond donors (Lipinski definition) is 3. The van der Waals surface area contributed by atoms with Crippen LogP contribution in [0.3, 0.4) is 0 Å². The van der Waals surface area contributed by atoms with Crippen molar-refractivity contribution in [1.82, 2.24) is 15.1 Å². The van der Waals surface area contributed by atoms with Crippen molar-refractivity contribution in [1.29, 1.82) is 0 Å². The quantitative estimate of drug-likeness (QED) is 0.503. The molecule has 0 saturated carbocycles. The number of para-hydroxylation sites is 1. The van der Waals surface area contributed by atoms with Crippen LogP contribution in [-0.2, 0) is 16.1 Å². The highest BCUT2D eigenvalue weighted by Gasteiger charge is 2.25. The number of nitrogen functional groups attached to an aromatic ring is 1. The summed E-state index contributed by atoms with van der Waals surface area (Å²) in [4.78, 5) is 24.8. The third-order valence-corrected chi connectivity index (χ3v) is 5.86. The van der Waals surface area contributed by atoms with Crippen molar-refractivity contribution in [2.45, 2.75) is 19.6 Å². The Balaban J connectivity index is 1.55. The molecule has 4 rings (SSSR count). The third-order valence-electron chi connectivity index (χ3n) is 5.86. The van der Waals surface area contributed by atoms with Crippen molar-refractivity contribution >= 4 is 17.6 Å². The molecule has 1 heterocycles. The summed E-state index contributed by atoms with van der Waals surface area (Å²) in [6.45, 7) is 2.30. The van der Waals surface area contributed by atoms with Gasteiger partial charge in [0, 0.05) is 19.2 Å². The van der Waals surface area contributed by atoms with Crippen LogP contribution in [0.5, 0.6) is 0 Å². The Kier molecular flexibility index (Phi) is 6.60. The molecule has 34 heavy (non-hydrogen) atoms. The van der Waals surface area contributed by atoms with Gasteiger partial charge in [0.2, 0.25) is 5.91 Å². The number of ether oxygens (including phenoxy) is 1. The maximum Gasteiger partial charge on any atom is 0.254 e. The van der Waals surface area contributed by atoms with Gasteiger partial charge in [0.1, 0.15) is 17.1 Å². The highest BCUT2D eigenvalue weighted by molar-refractivity contribution is 6.03. The van der Waals surface area contributed by atoms with Gasteiger partial charge in [-0.1, -0.05) is 66.8 Å². The minimum absolute atomic E-state index is 0.114. The van der Waals surface area contributed by atoms with E-state index in [9.17, 15) is 9.59 Å². The van der Waals surface area contributed by atoms with Gasteiger partial charge in [-0.05, 0) is 24.1 Å². The second kappa shape index (κ2) is 9.76. The van der Waals surface area contributed by atoms with Gasteiger partial charge in [-0.15, -0.1) is 0 Å². The summed E-state index contributed by atoms with van der Waals surface area (Å²) in [5, 5.41) is 7.55. The summed E-state index contributed by atoms with van der Waals surface area (Å²) in [6, 6.07) is 15.0. The average molecular weight is 458 g/mol. The maximum absolute atomic E-state index is 12.6. The van der Waals surface area contributed by atoms with E-state index in [0.717, 1.165) is 16.8 Å². The van der Waals surface area contributed by atoms with Crippen molar-refractivity contribution in [3.63, 3.8) is 0 Å². The summed E-state index contributed by atoms with van der Waals surface area (Å²) >= 11 is 0. The number of aromatic nitrogens is 2.